The number of fused-ring (bicyclic) bond motifs is 3. The minimum absolute atomic E-state index is 0.355. The van der Waals surface area contributed by atoms with Crippen molar-refractivity contribution < 1.29 is 35.9 Å². The standard InChI is InChI=1S/C25H16F3.C13H10.Zr/c26-25(27,28)22-6-3-5-16(15-22)17-8-9-18(12-17)19-10-11-24-21(13-19)14-20-4-1-2-7-23(20)24;1-3-7-12(8-4-1)11-13-9-5-2-6-10-13;/h1-8,10-15H,9H2;1-10H;. The predicted octanol–water partition coefficient (Wildman–Crippen LogP) is 10.00. The van der Waals surface area contributed by atoms with Gasteiger partial charge in [-0.1, -0.05) is 0 Å². The zero-order valence-corrected chi connectivity index (χ0v) is 25.2. The second kappa shape index (κ2) is 11.1. The molecule has 7 rings (SSSR count). The van der Waals surface area contributed by atoms with E-state index in [9.17, 15) is 13.2 Å². The van der Waals surface area contributed by atoms with Crippen molar-refractivity contribution in [1.82, 2.24) is 0 Å². The minimum atomic E-state index is -4.36. The predicted molar refractivity (Wildman–Crippen MR) is 162 cm³/mol. The van der Waals surface area contributed by atoms with Crippen molar-refractivity contribution in [2.45, 2.75) is 16.2 Å². The fourth-order valence-electron chi connectivity index (χ4n) is 6.05. The van der Waals surface area contributed by atoms with Gasteiger partial charge in [-0.05, 0) is 0 Å². The van der Waals surface area contributed by atoms with Crippen LogP contribution in [-0.4, -0.2) is 3.21 Å². The Kier molecular flexibility index (Phi) is 7.12. The number of hydrogen-bond donors (Lipinski definition) is 0. The topological polar surface area (TPSA) is 0 Å². The normalized spacial score (nSPS) is 15.4. The quantitative estimate of drug-likeness (QED) is 0.181. The molecule has 2 aliphatic rings. The van der Waals surface area contributed by atoms with E-state index >= 15 is 0 Å². The van der Waals surface area contributed by atoms with Gasteiger partial charge in [0.25, 0.3) is 0 Å². The number of alkyl halides is 3. The van der Waals surface area contributed by atoms with Gasteiger partial charge >= 0.3 is 256 Å². The molecule has 0 aromatic heterocycles. The molecule has 0 bridgehead atoms. The number of halogens is 3. The van der Waals surface area contributed by atoms with E-state index in [0.29, 0.717) is 15.6 Å². The van der Waals surface area contributed by atoms with Crippen LogP contribution in [0.4, 0.5) is 13.2 Å². The van der Waals surface area contributed by atoms with E-state index in [4.69, 9.17) is 0 Å². The second-order valence-electron chi connectivity index (χ2n) is 10.7. The van der Waals surface area contributed by atoms with Crippen molar-refractivity contribution in [3.63, 3.8) is 0 Å². The third-order valence-electron chi connectivity index (χ3n) is 8.10. The Bertz CT molecular complexity index is 1840. The molecule has 42 heavy (non-hydrogen) atoms. The Morgan fingerprint density at radius 2 is 1.29 bits per heavy atom. The van der Waals surface area contributed by atoms with Gasteiger partial charge in [-0.2, -0.15) is 0 Å². The Morgan fingerprint density at radius 3 is 2.00 bits per heavy atom. The van der Waals surface area contributed by atoms with E-state index in [1.54, 1.807) is 6.07 Å². The van der Waals surface area contributed by atoms with Gasteiger partial charge in [0.15, 0.2) is 0 Å². The summed E-state index contributed by atoms with van der Waals surface area (Å²) in [7, 11) is 0. The van der Waals surface area contributed by atoms with E-state index in [1.807, 2.05) is 6.08 Å². The maximum atomic E-state index is 13.3. The Morgan fingerprint density at radius 1 is 0.619 bits per heavy atom. The van der Waals surface area contributed by atoms with Crippen molar-refractivity contribution in [2.24, 2.45) is 0 Å². The number of benzene rings is 5. The van der Waals surface area contributed by atoms with Crippen LogP contribution in [0.3, 0.4) is 0 Å². The van der Waals surface area contributed by atoms with E-state index in [2.05, 4.69) is 109 Å². The van der Waals surface area contributed by atoms with Gasteiger partial charge < -0.3 is 0 Å². The summed E-state index contributed by atoms with van der Waals surface area (Å²) in [6.45, 7) is 0. The van der Waals surface area contributed by atoms with Crippen LogP contribution >= 0.6 is 0 Å². The zero-order chi connectivity index (χ0) is 28.7. The molecule has 0 N–H and O–H groups in total. The third-order valence-corrected chi connectivity index (χ3v) is 12.5. The van der Waals surface area contributed by atoms with Crippen molar-refractivity contribution >= 4 is 14.4 Å². The monoisotopic (exact) mass is 629 g/mol. The third kappa shape index (κ3) is 5.14. The average molecular weight is 631 g/mol. The van der Waals surface area contributed by atoms with E-state index in [-0.39, 0.29) is 0 Å². The summed E-state index contributed by atoms with van der Waals surface area (Å²) in [6.07, 6.45) is 0.441. The molecule has 0 spiro atoms. The molecular weight excluding hydrogens is 605 g/mol. The molecule has 0 heterocycles. The molecule has 0 radical (unpaired) electrons. The summed E-state index contributed by atoms with van der Waals surface area (Å²) in [4.78, 5) is 0. The van der Waals surface area contributed by atoms with Crippen LogP contribution in [0.2, 0.25) is 0 Å². The number of hydrogen-bond acceptors (Lipinski definition) is 0. The molecule has 0 saturated carbocycles. The average Bonchev–Trinajstić information content (AvgIpc) is 3.64. The molecule has 0 nitrogen and oxygen atoms in total. The van der Waals surface area contributed by atoms with Crippen molar-refractivity contribution in [3.8, 4) is 11.1 Å². The van der Waals surface area contributed by atoms with E-state index in [1.165, 1.54) is 48.7 Å². The van der Waals surface area contributed by atoms with Gasteiger partial charge in [-0.3, -0.25) is 0 Å². The van der Waals surface area contributed by atoms with Gasteiger partial charge in [-0.25, -0.2) is 0 Å². The molecule has 4 heteroatoms. The van der Waals surface area contributed by atoms with E-state index in [0.717, 1.165) is 22.8 Å². The number of allylic oxidation sites excluding steroid dienone is 4. The summed E-state index contributed by atoms with van der Waals surface area (Å²) >= 11 is -1.22. The summed E-state index contributed by atoms with van der Waals surface area (Å²) in [5.74, 6) is 0. The van der Waals surface area contributed by atoms with Crippen LogP contribution in [0.1, 0.15) is 49.0 Å². The first kappa shape index (κ1) is 27.0. The van der Waals surface area contributed by atoms with Crippen molar-refractivity contribution in [2.75, 3.05) is 0 Å². The fraction of sp³-hybridized carbons (Fsp3) is 0.0789. The molecule has 0 fully saturated rings. The van der Waals surface area contributed by atoms with Crippen LogP contribution in [0.25, 0.3) is 22.3 Å². The first-order valence-corrected chi connectivity index (χ1v) is 16.7. The molecule has 0 aliphatic heterocycles. The van der Waals surface area contributed by atoms with Crippen molar-refractivity contribution in [3.05, 3.63) is 178 Å². The summed E-state index contributed by atoms with van der Waals surface area (Å²) in [6, 6.07) is 42.7. The molecule has 5 aromatic carbocycles. The van der Waals surface area contributed by atoms with Crippen LogP contribution in [0.5, 0.6) is 0 Å². The molecule has 0 saturated heterocycles. The zero-order valence-electron chi connectivity index (χ0n) is 22.7. The van der Waals surface area contributed by atoms with Crippen molar-refractivity contribution in [1.29, 1.82) is 0 Å². The first-order chi connectivity index (χ1) is 20.5. The van der Waals surface area contributed by atoms with Crippen LogP contribution in [-0.2, 0) is 28.9 Å². The second-order valence-corrected chi connectivity index (χ2v) is 14.0. The van der Waals surface area contributed by atoms with Gasteiger partial charge in [0.2, 0.25) is 0 Å². The van der Waals surface area contributed by atoms with Gasteiger partial charge in [0, 0.05) is 0 Å². The molecule has 2 aliphatic carbocycles. The Balaban J connectivity index is 1.31. The summed E-state index contributed by atoms with van der Waals surface area (Å²) < 4.78 is 41.9. The maximum absolute atomic E-state index is 13.3. The molecule has 1 atom stereocenters. The summed E-state index contributed by atoms with van der Waals surface area (Å²) in [5, 5.41) is 0. The molecule has 1 unspecified atom stereocenters. The Hall–Kier alpha value is -3.88. The van der Waals surface area contributed by atoms with Crippen LogP contribution in [0, 0.1) is 0 Å². The number of rotatable bonds is 5. The Labute approximate surface area is 254 Å². The SMILES string of the molecule is FC(F)(F)c1cccc(C2=CCC(c3ccc4c(c3)[CH]([Zr]=[C](c3ccccc3)c3ccccc3)c3ccccc3-4)=C2)c1. The molecule has 0 amide bonds. The molecule has 5 aromatic rings. The molecular formula is C38H26F3Zr. The van der Waals surface area contributed by atoms with Crippen LogP contribution in [0.15, 0.2) is 140 Å². The van der Waals surface area contributed by atoms with Gasteiger partial charge in [0.1, 0.15) is 0 Å². The fourth-order valence-corrected chi connectivity index (χ4v) is 10.4. The van der Waals surface area contributed by atoms with Gasteiger partial charge in [0.05, 0.1) is 0 Å². The summed E-state index contributed by atoms with van der Waals surface area (Å²) in [5.41, 5.74) is 11.1. The first-order valence-electron chi connectivity index (χ1n) is 14.0. The van der Waals surface area contributed by atoms with E-state index < -0.39 is 34.5 Å². The van der Waals surface area contributed by atoms with Crippen LogP contribution < -0.4 is 0 Å². The molecule has 203 valence electrons. The van der Waals surface area contributed by atoms with Gasteiger partial charge in [-0.15, -0.1) is 0 Å².